The summed E-state index contributed by atoms with van der Waals surface area (Å²) >= 11 is 0. The Bertz CT molecular complexity index is 963. The summed E-state index contributed by atoms with van der Waals surface area (Å²) in [5, 5.41) is 6.98. The maximum absolute atomic E-state index is 4.75. The fourth-order valence-electron chi connectivity index (χ4n) is 4.03. The van der Waals surface area contributed by atoms with E-state index in [1.807, 2.05) is 42.6 Å². The van der Waals surface area contributed by atoms with Gasteiger partial charge in [0.1, 0.15) is 0 Å². The molecule has 0 spiro atoms. The highest BCUT2D eigenvalue weighted by molar-refractivity contribution is 5.73. The van der Waals surface area contributed by atoms with Gasteiger partial charge in [-0.05, 0) is 68.5 Å². The molecule has 4 heteroatoms. The van der Waals surface area contributed by atoms with Gasteiger partial charge in [0, 0.05) is 28.7 Å². The maximum atomic E-state index is 4.75. The van der Waals surface area contributed by atoms with Crippen molar-refractivity contribution in [2.45, 2.75) is 45.6 Å². The first kappa shape index (κ1) is 17.5. The van der Waals surface area contributed by atoms with Crippen molar-refractivity contribution in [2.24, 2.45) is 0 Å². The monoisotopic (exact) mass is 358 g/mol. The lowest BCUT2D eigenvalue weighted by Crippen LogP contribution is -2.36. The van der Waals surface area contributed by atoms with Crippen molar-refractivity contribution in [3.63, 3.8) is 0 Å². The predicted molar refractivity (Wildman–Crippen MR) is 113 cm³/mol. The number of aryl methyl sites for hydroxylation is 1. The van der Waals surface area contributed by atoms with Crippen LogP contribution in [0.25, 0.3) is 11.3 Å². The molecular formula is C23H26N4. The quantitative estimate of drug-likeness (QED) is 0.612. The van der Waals surface area contributed by atoms with Gasteiger partial charge < -0.3 is 10.6 Å². The second-order valence-corrected chi connectivity index (χ2v) is 8.12. The molecule has 0 amide bonds. The van der Waals surface area contributed by atoms with Crippen LogP contribution in [0.1, 0.15) is 44.2 Å². The fraction of sp³-hybridized carbons (Fsp3) is 0.304. The third kappa shape index (κ3) is 3.65. The van der Waals surface area contributed by atoms with Crippen LogP contribution >= 0.6 is 0 Å². The highest BCUT2D eigenvalue weighted by Gasteiger charge is 2.29. The maximum Gasteiger partial charge on any atom is 0.227 e. The number of hydrogen-bond acceptors (Lipinski definition) is 4. The van der Waals surface area contributed by atoms with Gasteiger partial charge in [-0.3, -0.25) is 0 Å². The van der Waals surface area contributed by atoms with E-state index in [1.54, 1.807) is 0 Å². The summed E-state index contributed by atoms with van der Waals surface area (Å²) in [5.74, 6) is 1.15. The molecule has 1 aliphatic rings. The zero-order valence-electron chi connectivity index (χ0n) is 16.4. The minimum Gasteiger partial charge on any atom is -0.380 e. The Morgan fingerprint density at radius 2 is 1.89 bits per heavy atom. The number of para-hydroxylation sites is 1. The molecule has 0 unspecified atom stereocenters. The second kappa shape index (κ2) is 6.69. The first-order chi connectivity index (χ1) is 12.9. The van der Waals surface area contributed by atoms with Crippen LogP contribution in [0.2, 0.25) is 0 Å². The fourth-order valence-corrected chi connectivity index (χ4v) is 4.03. The van der Waals surface area contributed by atoms with Crippen LogP contribution in [0.4, 0.5) is 17.3 Å². The van der Waals surface area contributed by atoms with Crippen molar-refractivity contribution in [1.82, 2.24) is 9.97 Å². The highest BCUT2D eigenvalue weighted by atomic mass is 15.1. The topological polar surface area (TPSA) is 49.8 Å². The molecule has 1 atom stereocenters. The minimum atomic E-state index is 0.102. The van der Waals surface area contributed by atoms with E-state index < -0.39 is 0 Å². The third-order valence-corrected chi connectivity index (χ3v) is 5.18. The van der Waals surface area contributed by atoms with Crippen LogP contribution in [-0.4, -0.2) is 15.5 Å². The number of nitrogens with zero attached hydrogens (tertiary/aromatic N) is 2. The molecular weight excluding hydrogens is 332 g/mol. The average molecular weight is 358 g/mol. The lowest BCUT2D eigenvalue weighted by Gasteiger charge is -2.38. The molecule has 2 aromatic carbocycles. The first-order valence-corrected chi connectivity index (χ1v) is 9.49. The number of anilines is 3. The molecule has 3 aromatic rings. The highest BCUT2D eigenvalue weighted by Crippen LogP contribution is 2.41. The molecule has 0 fully saturated rings. The zero-order chi connectivity index (χ0) is 19.0. The van der Waals surface area contributed by atoms with E-state index in [0.717, 1.165) is 23.4 Å². The van der Waals surface area contributed by atoms with Crippen LogP contribution < -0.4 is 10.6 Å². The smallest absolute Gasteiger partial charge is 0.227 e. The molecule has 0 bridgehead atoms. The number of hydrogen-bond donors (Lipinski definition) is 2. The number of aromatic nitrogens is 2. The summed E-state index contributed by atoms with van der Waals surface area (Å²) in [6.45, 7) is 9.00. The van der Waals surface area contributed by atoms with Gasteiger partial charge in [-0.25, -0.2) is 9.97 Å². The molecule has 0 aliphatic carbocycles. The number of fused-ring (bicyclic) bond motifs is 1. The van der Waals surface area contributed by atoms with E-state index in [2.05, 4.69) is 55.4 Å². The molecule has 2 N–H and O–H groups in total. The van der Waals surface area contributed by atoms with Crippen molar-refractivity contribution in [3.8, 4) is 11.3 Å². The Morgan fingerprint density at radius 3 is 2.67 bits per heavy atom. The Hall–Kier alpha value is -2.88. The van der Waals surface area contributed by atoms with Gasteiger partial charge >= 0.3 is 0 Å². The van der Waals surface area contributed by atoms with Crippen molar-refractivity contribution < 1.29 is 0 Å². The minimum absolute atomic E-state index is 0.102. The Kier molecular flexibility index (Phi) is 4.34. The van der Waals surface area contributed by atoms with E-state index in [1.165, 1.54) is 16.8 Å². The van der Waals surface area contributed by atoms with Crippen LogP contribution in [0.15, 0.2) is 54.7 Å². The zero-order valence-corrected chi connectivity index (χ0v) is 16.4. The van der Waals surface area contributed by atoms with E-state index in [9.17, 15) is 0 Å². The summed E-state index contributed by atoms with van der Waals surface area (Å²) in [7, 11) is 0. The van der Waals surface area contributed by atoms with Gasteiger partial charge in [-0.2, -0.15) is 0 Å². The van der Waals surface area contributed by atoms with Crippen molar-refractivity contribution in [1.29, 1.82) is 0 Å². The summed E-state index contributed by atoms with van der Waals surface area (Å²) < 4.78 is 0. The Labute approximate surface area is 161 Å². The average Bonchev–Trinajstić information content (AvgIpc) is 2.62. The van der Waals surface area contributed by atoms with Crippen LogP contribution in [-0.2, 0) is 0 Å². The molecule has 0 saturated heterocycles. The molecule has 138 valence electrons. The van der Waals surface area contributed by atoms with Crippen LogP contribution in [0, 0.1) is 6.92 Å². The van der Waals surface area contributed by atoms with Crippen molar-refractivity contribution in [2.75, 3.05) is 10.6 Å². The normalized spacial score (nSPS) is 17.7. The van der Waals surface area contributed by atoms with E-state index in [0.29, 0.717) is 11.9 Å². The number of nitrogens with one attached hydrogen (secondary N) is 2. The van der Waals surface area contributed by atoms with Gasteiger partial charge in [-0.15, -0.1) is 0 Å². The van der Waals surface area contributed by atoms with Gasteiger partial charge in [0.15, 0.2) is 0 Å². The molecule has 4 rings (SSSR count). The molecule has 0 saturated carbocycles. The summed E-state index contributed by atoms with van der Waals surface area (Å²) in [6.07, 6.45) is 2.95. The lowest BCUT2D eigenvalue weighted by atomic mass is 9.80. The summed E-state index contributed by atoms with van der Waals surface area (Å²) in [4.78, 5) is 9.13. The van der Waals surface area contributed by atoms with Gasteiger partial charge in [-0.1, -0.05) is 31.2 Å². The molecule has 2 heterocycles. The van der Waals surface area contributed by atoms with Gasteiger partial charge in [0.2, 0.25) is 5.95 Å². The van der Waals surface area contributed by atoms with E-state index in [-0.39, 0.29) is 5.54 Å². The summed E-state index contributed by atoms with van der Waals surface area (Å²) in [6, 6.07) is 16.5. The summed E-state index contributed by atoms with van der Waals surface area (Å²) in [5.41, 5.74) is 7.01. The second-order valence-electron chi connectivity index (χ2n) is 8.12. The third-order valence-electron chi connectivity index (χ3n) is 5.18. The Balaban J connectivity index is 1.71. The number of benzene rings is 2. The molecule has 1 aromatic heterocycles. The largest absolute Gasteiger partial charge is 0.380 e. The molecule has 1 aliphatic heterocycles. The standard InChI is InChI=1S/C23H26N4/c1-15-12-18-16(2)14-23(3,4)27-21(18)13-19(15)20-10-11-24-22(26-20)25-17-8-6-5-7-9-17/h5-13,16,27H,14H2,1-4H3,(H,24,25,26)/t16-/m0/s1. The van der Waals surface area contributed by atoms with Crippen molar-refractivity contribution in [3.05, 3.63) is 65.9 Å². The molecule has 0 radical (unpaired) electrons. The molecule has 4 nitrogen and oxygen atoms in total. The Morgan fingerprint density at radius 1 is 1.11 bits per heavy atom. The SMILES string of the molecule is Cc1cc2c(cc1-c1ccnc(Nc3ccccc3)n1)NC(C)(C)C[C@@H]2C. The molecule has 27 heavy (non-hydrogen) atoms. The number of rotatable bonds is 3. The van der Waals surface area contributed by atoms with Crippen LogP contribution in [0.3, 0.4) is 0 Å². The van der Waals surface area contributed by atoms with Crippen LogP contribution in [0.5, 0.6) is 0 Å². The van der Waals surface area contributed by atoms with Gasteiger partial charge in [0.25, 0.3) is 0 Å². The van der Waals surface area contributed by atoms with Crippen molar-refractivity contribution >= 4 is 17.3 Å². The predicted octanol–water partition coefficient (Wildman–Crippen LogP) is 5.89. The van der Waals surface area contributed by atoms with E-state index >= 15 is 0 Å². The van der Waals surface area contributed by atoms with E-state index in [4.69, 9.17) is 4.98 Å². The van der Waals surface area contributed by atoms with Gasteiger partial charge in [0.05, 0.1) is 5.69 Å². The first-order valence-electron chi connectivity index (χ1n) is 9.49. The lowest BCUT2D eigenvalue weighted by molar-refractivity contribution is 0.454.